The number of esters is 1. The van der Waals surface area contributed by atoms with E-state index in [9.17, 15) is 9.36 Å². The van der Waals surface area contributed by atoms with E-state index < -0.39 is 19.9 Å². The fourth-order valence-corrected chi connectivity index (χ4v) is 1.52. The maximum absolute atomic E-state index is 11.1. The van der Waals surface area contributed by atoms with Gasteiger partial charge in [0, 0.05) is 5.57 Å². The van der Waals surface area contributed by atoms with Crippen molar-refractivity contribution in [2.45, 2.75) is 26.9 Å². The molecule has 0 aliphatic heterocycles. The average Bonchev–Trinajstić information content (AvgIpc) is 2.14. The van der Waals surface area contributed by atoms with Crippen molar-refractivity contribution in [1.82, 2.24) is 0 Å². The second-order valence-corrected chi connectivity index (χ2v) is 4.63. The molecule has 0 aromatic heterocycles. The minimum Gasteiger partial charge on any atom is -0.457 e. The Morgan fingerprint density at radius 2 is 2.06 bits per heavy atom. The van der Waals surface area contributed by atoms with Gasteiger partial charge < -0.3 is 9.63 Å². The SMILES string of the molecule is C=C(C)C(=O)OC(C)COP(=O)(O)OCC. The number of phosphoric ester groups is 1. The highest BCUT2D eigenvalue weighted by Gasteiger charge is 2.22. The molecule has 0 bridgehead atoms. The molecule has 6 nitrogen and oxygen atoms in total. The Morgan fingerprint density at radius 3 is 2.50 bits per heavy atom. The van der Waals surface area contributed by atoms with Crippen LogP contribution in [-0.2, 0) is 23.1 Å². The summed E-state index contributed by atoms with van der Waals surface area (Å²) in [6.07, 6.45) is -0.648. The largest absolute Gasteiger partial charge is 0.472 e. The summed E-state index contributed by atoms with van der Waals surface area (Å²) in [6.45, 7) is 7.86. The molecule has 0 aromatic carbocycles. The van der Waals surface area contributed by atoms with Gasteiger partial charge in [0.05, 0.1) is 13.2 Å². The molecule has 0 spiro atoms. The Bertz CT molecular complexity index is 300. The molecule has 0 heterocycles. The van der Waals surface area contributed by atoms with Crippen molar-refractivity contribution in [2.24, 2.45) is 0 Å². The van der Waals surface area contributed by atoms with E-state index in [0.29, 0.717) is 0 Å². The smallest absolute Gasteiger partial charge is 0.457 e. The Morgan fingerprint density at radius 1 is 1.50 bits per heavy atom. The van der Waals surface area contributed by atoms with Crippen LogP contribution < -0.4 is 0 Å². The summed E-state index contributed by atoms with van der Waals surface area (Å²) in [5.41, 5.74) is 0.254. The van der Waals surface area contributed by atoms with Crippen LogP contribution >= 0.6 is 7.82 Å². The average molecular weight is 252 g/mol. The third-order valence-electron chi connectivity index (χ3n) is 1.42. The van der Waals surface area contributed by atoms with E-state index in [1.54, 1.807) is 6.92 Å². The first-order valence-electron chi connectivity index (χ1n) is 4.77. The van der Waals surface area contributed by atoms with Gasteiger partial charge in [-0.05, 0) is 20.8 Å². The number of carbonyl (C=O) groups excluding carboxylic acids is 1. The topological polar surface area (TPSA) is 82.1 Å². The van der Waals surface area contributed by atoms with E-state index in [4.69, 9.17) is 9.63 Å². The molecule has 0 rings (SSSR count). The first-order valence-corrected chi connectivity index (χ1v) is 6.26. The standard InChI is InChI=1S/C9H17O6P/c1-5-13-16(11,12)14-6-8(4)15-9(10)7(2)3/h8H,2,5-6H2,1,3-4H3,(H,11,12). The molecule has 94 valence electrons. The molecule has 0 aliphatic carbocycles. The van der Waals surface area contributed by atoms with Crippen molar-refractivity contribution >= 4 is 13.8 Å². The monoisotopic (exact) mass is 252 g/mol. The molecule has 0 radical (unpaired) electrons. The summed E-state index contributed by atoms with van der Waals surface area (Å²) >= 11 is 0. The molecule has 16 heavy (non-hydrogen) atoms. The number of carbonyl (C=O) groups is 1. The number of phosphoric acid groups is 1. The highest BCUT2D eigenvalue weighted by molar-refractivity contribution is 7.47. The lowest BCUT2D eigenvalue weighted by Crippen LogP contribution is -2.20. The summed E-state index contributed by atoms with van der Waals surface area (Å²) in [4.78, 5) is 20.1. The first kappa shape index (κ1) is 15.3. The van der Waals surface area contributed by atoms with Gasteiger partial charge >= 0.3 is 13.8 Å². The summed E-state index contributed by atoms with van der Waals surface area (Å²) in [6, 6.07) is 0. The van der Waals surface area contributed by atoms with Crippen LogP contribution in [0.1, 0.15) is 20.8 Å². The van der Waals surface area contributed by atoms with E-state index in [-0.39, 0.29) is 18.8 Å². The van der Waals surface area contributed by atoms with Gasteiger partial charge in [-0.25, -0.2) is 9.36 Å². The molecule has 0 aromatic rings. The van der Waals surface area contributed by atoms with E-state index in [0.717, 1.165) is 0 Å². The fraction of sp³-hybridized carbons (Fsp3) is 0.667. The third-order valence-corrected chi connectivity index (χ3v) is 2.48. The molecular weight excluding hydrogens is 235 g/mol. The van der Waals surface area contributed by atoms with Crippen LogP contribution in [0.4, 0.5) is 0 Å². The molecule has 7 heteroatoms. The maximum Gasteiger partial charge on any atom is 0.472 e. The van der Waals surface area contributed by atoms with Crippen molar-refractivity contribution in [1.29, 1.82) is 0 Å². The summed E-state index contributed by atoms with van der Waals surface area (Å²) in [7, 11) is -4.03. The number of hydrogen-bond donors (Lipinski definition) is 1. The molecule has 0 amide bonds. The zero-order valence-electron chi connectivity index (χ0n) is 9.63. The van der Waals surface area contributed by atoms with Crippen LogP contribution in [0.15, 0.2) is 12.2 Å². The molecule has 0 saturated heterocycles. The second kappa shape index (κ2) is 6.81. The number of hydrogen-bond acceptors (Lipinski definition) is 5. The predicted molar refractivity (Wildman–Crippen MR) is 57.8 cm³/mol. The lowest BCUT2D eigenvalue weighted by Gasteiger charge is -2.15. The van der Waals surface area contributed by atoms with Crippen LogP contribution in [0.5, 0.6) is 0 Å². The van der Waals surface area contributed by atoms with E-state index in [1.807, 2.05) is 0 Å². The predicted octanol–water partition coefficient (Wildman–Crippen LogP) is 1.65. The molecule has 2 atom stereocenters. The van der Waals surface area contributed by atoms with Gasteiger partial charge in [-0.1, -0.05) is 6.58 Å². The van der Waals surface area contributed by atoms with E-state index in [1.165, 1.54) is 13.8 Å². The molecular formula is C9H17O6P. The third kappa shape index (κ3) is 6.74. The van der Waals surface area contributed by atoms with Crippen molar-refractivity contribution in [3.63, 3.8) is 0 Å². The van der Waals surface area contributed by atoms with Gasteiger partial charge in [0.15, 0.2) is 0 Å². The zero-order valence-corrected chi connectivity index (χ0v) is 10.5. The van der Waals surface area contributed by atoms with Crippen molar-refractivity contribution < 1.29 is 28.0 Å². The lowest BCUT2D eigenvalue weighted by atomic mass is 10.3. The van der Waals surface area contributed by atoms with Gasteiger partial charge in [0.2, 0.25) is 0 Å². The summed E-state index contributed by atoms with van der Waals surface area (Å²) in [5, 5.41) is 0. The van der Waals surface area contributed by atoms with Crippen LogP contribution in [0.25, 0.3) is 0 Å². The number of ether oxygens (including phenoxy) is 1. The highest BCUT2D eigenvalue weighted by Crippen LogP contribution is 2.42. The normalized spacial score (nSPS) is 16.2. The molecule has 0 aliphatic rings. The summed E-state index contributed by atoms with van der Waals surface area (Å²) in [5.74, 6) is -0.569. The minimum absolute atomic E-state index is 0.0632. The van der Waals surface area contributed by atoms with E-state index in [2.05, 4.69) is 15.6 Å². The summed E-state index contributed by atoms with van der Waals surface area (Å²) < 4.78 is 25.0. The van der Waals surface area contributed by atoms with Gasteiger partial charge in [-0.15, -0.1) is 0 Å². The fourth-order valence-electron chi connectivity index (χ4n) is 0.717. The molecule has 1 N–H and O–H groups in total. The number of rotatable bonds is 7. The minimum atomic E-state index is -4.03. The van der Waals surface area contributed by atoms with Crippen LogP contribution in [0.2, 0.25) is 0 Å². The lowest BCUT2D eigenvalue weighted by molar-refractivity contribution is -0.145. The van der Waals surface area contributed by atoms with Crippen molar-refractivity contribution in [3.8, 4) is 0 Å². The van der Waals surface area contributed by atoms with Crippen molar-refractivity contribution in [2.75, 3.05) is 13.2 Å². The van der Waals surface area contributed by atoms with Crippen LogP contribution in [-0.4, -0.2) is 30.2 Å². The van der Waals surface area contributed by atoms with E-state index >= 15 is 0 Å². The first-order chi connectivity index (χ1) is 7.28. The van der Waals surface area contributed by atoms with Gasteiger partial charge in [-0.2, -0.15) is 0 Å². The Hall–Kier alpha value is -0.680. The highest BCUT2D eigenvalue weighted by atomic mass is 31.2. The molecule has 0 fully saturated rings. The van der Waals surface area contributed by atoms with Crippen LogP contribution in [0, 0.1) is 0 Å². The molecule has 2 unspecified atom stereocenters. The van der Waals surface area contributed by atoms with Gasteiger partial charge in [-0.3, -0.25) is 9.05 Å². The Balaban J connectivity index is 3.98. The Labute approximate surface area is 94.8 Å². The van der Waals surface area contributed by atoms with Gasteiger partial charge in [0.25, 0.3) is 0 Å². The zero-order chi connectivity index (χ0) is 12.8. The Kier molecular flexibility index (Phi) is 6.52. The quantitative estimate of drug-likeness (QED) is 0.421. The van der Waals surface area contributed by atoms with Crippen molar-refractivity contribution in [3.05, 3.63) is 12.2 Å². The maximum atomic E-state index is 11.1. The second-order valence-electron chi connectivity index (χ2n) is 3.18. The van der Waals surface area contributed by atoms with Crippen LogP contribution in [0.3, 0.4) is 0 Å². The van der Waals surface area contributed by atoms with Gasteiger partial charge in [0.1, 0.15) is 6.10 Å². The molecule has 0 saturated carbocycles.